The molecule has 0 saturated heterocycles. The van der Waals surface area contributed by atoms with Crippen molar-refractivity contribution < 1.29 is 18.3 Å². The SMILES string of the molecule is CCCN(CC(=O)O)S(=O)(=O)c1cc(Cl)ccc1C. The topological polar surface area (TPSA) is 74.7 Å². The van der Waals surface area contributed by atoms with Gasteiger partial charge in [-0.05, 0) is 31.0 Å². The highest BCUT2D eigenvalue weighted by Crippen LogP contribution is 2.23. The maximum atomic E-state index is 12.4. The monoisotopic (exact) mass is 305 g/mol. The van der Waals surface area contributed by atoms with Crippen molar-refractivity contribution in [1.29, 1.82) is 0 Å². The Morgan fingerprint density at radius 2 is 2.05 bits per heavy atom. The summed E-state index contributed by atoms with van der Waals surface area (Å²) in [6.07, 6.45) is 0.534. The Morgan fingerprint density at radius 1 is 1.42 bits per heavy atom. The van der Waals surface area contributed by atoms with Crippen LogP contribution in [0.1, 0.15) is 18.9 Å². The van der Waals surface area contributed by atoms with Crippen LogP contribution in [0.5, 0.6) is 0 Å². The van der Waals surface area contributed by atoms with Crippen LogP contribution in [0, 0.1) is 6.92 Å². The maximum Gasteiger partial charge on any atom is 0.318 e. The van der Waals surface area contributed by atoms with Crippen LogP contribution in [0.3, 0.4) is 0 Å². The van der Waals surface area contributed by atoms with Gasteiger partial charge in [-0.25, -0.2) is 8.42 Å². The van der Waals surface area contributed by atoms with E-state index in [1.807, 2.05) is 0 Å². The lowest BCUT2D eigenvalue weighted by Crippen LogP contribution is -2.36. The van der Waals surface area contributed by atoms with Gasteiger partial charge in [0.2, 0.25) is 10.0 Å². The number of sulfonamides is 1. The van der Waals surface area contributed by atoms with E-state index in [0.29, 0.717) is 17.0 Å². The zero-order chi connectivity index (χ0) is 14.6. The van der Waals surface area contributed by atoms with Crippen molar-refractivity contribution in [3.63, 3.8) is 0 Å². The van der Waals surface area contributed by atoms with E-state index < -0.39 is 22.5 Å². The molecular weight excluding hydrogens is 290 g/mol. The lowest BCUT2D eigenvalue weighted by molar-refractivity contribution is -0.137. The van der Waals surface area contributed by atoms with Gasteiger partial charge in [-0.1, -0.05) is 24.6 Å². The van der Waals surface area contributed by atoms with Gasteiger partial charge in [0, 0.05) is 11.6 Å². The molecule has 0 aliphatic carbocycles. The number of aliphatic carboxylic acids is 1. The first-order valence-electron chi connectivity index (χ1n) is 5.77. The summed E-state index contributed by atoms with van der Waals surface area (Å²) in [5.41, 5.74) is 0.538. The fourth-order valence-corrected chi connectivity index (χ4v) is 3.64. The zero-order valence-corrected chi connectivity index (χ0v) is 12.3. The molecule has 0 fully saturated rings. The van der Waals surface area contributed by atoms with Crippen molar-refractivity contribution in [3.05, 3.63) is 28.8 Å². The molecule has 0 bridgehead atoms. The van der Waals surface area contributed by atoms with Gasteiger partial charge in [-0.15, -0.1) is 0 Å². The van der Waals surface area contributed by atoms with Crippen LogP contribution in [-0.4, -0.2) is 36.9 Å². The van der Waals surface area contributed by atoms with Crippen LogP contribution in [0.25, 0.3) is 0 Å². The molecule has 1 aromatic rings. The van der Waals surface area contributed by atoms with Crippen molar-refractivity contribution in [2.45, 2.75) is 25.2 Å². The fourth-order valence-electron chi connectivity index (χ4n) is 1.68. The molecule has 106 valence electrons. The Labute approximate surface area is 117 Å². The Balaban J connectivity index is 3.25. The molecule has 1 N–H and O–H groups in total. The smallest absolute Gasteiger partial charge is 0.318 e. The first-order valence-corrected chi connectivity index (χ1v) is 7.59. The Bertz CT molecular complexity index is 571. The number of carbonyl (C=O) groups is 1. The quantitative estimate of drug-likeness (QED) is 0.873. The van der Waals surface area contributed by atoms with E-state index in [9.17, 15) is 13.2 Å². The maximum absolute atomic E-state index is 12.4. The molecule has 0 spiro atoms. The van der Waals surface area contributed by atoms with E-state index in [1.54, 1.807) is 26.0 Å². The number of halogens is 1. The molecule has 0 amide bonds. The number of carboxylic acid groups (broad SMARTS) is 1. The van der Waals surface area contributed by atoms with Gasteiger partial charge in [0.15, 0.2) is 0 Å². The molecule has 0 aliphatic rings. The predicted octanol–water partition coefficient (Wildman–Crippen LogP) is 2.13. The van der Waals surface area contributed by atoms with Crippen LogP contribution < -0.4 is 0 Å². The number of nitrogens with zero attached hydrogens (tertiary/aromatic N) is 1. The normalized spacial score (nSPS) is 11.8. The summed E-state index contributed by atoms with van der Waals surface area (Å²) < 4.78 is 25.8. The van der Waals surface area contributed by atoms with E-state index >= 15 is 0 Å². The predicted molar refractivity (Wildman–Crippen MR) is 72.9 cm³/mol. The van der Waals surface area contributed by atoms with Gasteiger partial charge < -0.3 is 5.11 Å². The highest BCUT2D eigenvalue weighted by Gasteiger charge is 2.27. The molecular formula is C12H16ClNO4S. The Hall–Kier alpha value is -1.11. The average molecular weight is 306 g/mol. The number of hydrogen-bond acceptors (Lipinski definition) is 3. The molecule has 0 unspecified atom stereocenters. The summed E-state index contributed by atoms with van der Waals surface area (Å²) in [6.45, 7) is 3.03. The molecule has 0 saturated carbocycles. The molecule has 19 heavy (non-hydrogen) atoms. The molecule has 0 heterocycles. The van der Waals surface area contributed by atoms with E-state index in [-0.39, 0.29) is 11.4 Å². The molecule has 7 heteroatoms. The second kappa shape index (κ2) is 6.36. The lowest BCUT2D eigenvalue weighted by Gasteiger charge is -2.20. The van der Waals surface area contributed by atoms with E-state index in [2.05, 4.69) is 0 Å². The van der Waals surface area contributed by atoms with E-state index in [4.69, 9.17) is 16.7 Å². The summed E-state index contributed by atoms with van der Waals surface area (Å²) in [5.74, 6) is -1.18. The van der Waals surface area contributed by atoms with Crippen molar-refractivity contribution in [2.24, 2.45) is 0 Å². The molecule has 0 aliphatic heterocycles. The molecule has 0 aromatic heterocycles. The van der Waals surface area contributed by atoms with Crippen LogP contribution in [0.15, 0.2) is 23.1 Å². The minimum Gasteiger partial charge on any atom is -0.480 e. The van der Waals surface area contributed by atoms with Crippen molar-refractivity contribution in [3.8, 4) is 0 Å². The number of rotatable bonds is 6. The highest BCUT2D eigenvalue weighted by molar-refractivity contribution is 7.89. The standard InChI is InChI=1S/C12H16ClNO4S/c1-3-6-14(8-12(15)16)19(17,18)11-7-10(13)5-4-9(11)2/h4-5,7H,3,6,8H2,1-2H3,(H,15,16). The van der Waals surface area contributed by atoms with Gasteiger partial charge in [-0.2, -0.15) is 4.31 Å². The summed E-state index contributed by atoms with van der Waals surface area (Å²) in [5, 5.41) is 9.11. The van der Waals surface area contributed by atoms with E-state index in [1.165, 1.54) is 6.07 Å². The minimum absolute atomic E-state index is 0.0506. The zero-order valence-electron chi connectivity index (χ0n) is 10.8. The Kier molecular flexibility index (Phi) is 5.34. The summed E-state index contributed by atoms with van der Waals surface area (Å²) in [6, 6.07) is 4.54. The summed E-state index contributed by atoms with van der Waals surface area (Å²) >= 11 is 5.81. The Morgan fingerprint density at radius 3 is 2.58 bits per heavy atom. The second-order valence-electron chi connectivity index (χ2n) is 4.14. The number of aryl methyl sites for hydroxylation is 1. The number of benzene rings is 1. The fraction of sp³-hybridized carbons (Fsp3) is 0.417. The molecule has 0 atom stereocenters. The van der Waals surface area contributed by atoms with Gasteiger partial charge in [0.05, 0.1) is 4.90 Å². The van der Waals surface area contributed by atoms with Crippen LogP contribution >= 0.6 is 11.6 Å². The van der Waals surface area contributed by atoms with Gasteiger partial charge in [0.25, 0.3) is 0 Å². The van der Waals surface area contributed by atoms with Crippen LogP contribution in [-0.2, 0) is 14.8 Å². The minimum atomic E-state index is -3.84. The molecule has 5 nitrogen and oxygen atoms in total. The highest BCUT2D eigenvalue weighted by atomic mass is 35.5. The van der Waals surface area contributed by atoms with Crippen molar-refractivity contribution >= 4 is 27.6 Å². The third-order valence-electron chi connectivity index (χ3n) is 2.55. The van der Waals surface area contributed by atoms with Crippen molar-refractivity contribution in [2.75, 3.05) is 13.1 Å². The van der Waals surface area contributed by atoms with Crippen LogP contribution in [0.2, 0.25) is 5.02 Å². The molecule has 0 radical (unpaired) electrons. The third-order valence-corrected chi connectivity index (χ3v) is 4.77. The van der Waals surface area contributed by atoms with E-state index in [0.717, 1.165) is 4.31 Å². The third kappa shape index (κ3) is 3.92. The first-order chi connectivity index (χ1) is 8.78. The summed E-state index contributed by atoms with van der Waals surface area (Å²) in [7, 11) is -3.84. The number of hydrogen-bond donors (Lipinski definition) is 1. The molecule has 1 aromatic carbocycles. The van der Waals surface area contributed by atoms with Gasteiger partial charge >= 0.3 is 5.97 Å². The summed E-state index contributed by atoms with van der Waals surface area (Å²) in [4.78, 5) is 10.8. The average Bonchev–Trinajstić information content (AvgIpc) is 2.31. The van der Waals surface area contributed by atoms with Crippen LogP contribution in [0.4, 0.5) is 0 Å². The van der Waals surface area contributed by atoms with Crippen molar-refractivity contribution in [1.82, 2.24) is 4.31 Å². The number of carboxylic acids is 1. The largest absolute Gasteiger partial charge is 0.480 e. The first kappa shape index (κ1) is 15.9. The molecule has 1 rings (SSSR count). The lowest BCUT2D eigenvalue weighted by atomic mass is 10.2. The van der Waals surface area contributed by atoms with Gasteiger partial charge in [0.1, 0.15) is 6.54 Å². The second-order valence-corrected chi connectivity index (χ2v) is 6.48. The van der Waals surface area contributed by atoms with Gasteiger partial charge in [-0.3, -0.25) is 4.79 Å².